The molecule has 1 heterocycles. The maximum atomic E-state index is 13.8. The number of nitrogens with two attached hydrogens (primary N) is 1. The van der Waals surface area contributed by atoms with Gasteiger partial charge in [-0.2, -0.15) is 0 Å². The summed E-state index contributed by atoms with van der Waals surface area (Å²) in [5.41, 5.74) is 6.36. The van der Waals surface area contributed by atoms with Gasteiger partial charge in [0, 0.05) is 17.2 Å². The first-order valence-electron chi connectivity index (χ1n) is 5.14. The summed E-state index contributed by atoms with van der Waals surface area (Å²) in [5, 5.41) is 0. The highest BCUT2D eigenvalue weighted by Crippen LogP contribution is 2.45. The third kappa shape index (κ3) is 1.58. The van der Waals surface area contributed by atoms with Gasteiger partial charge in [0.2, 0.25) is 6.79 Å². The monoisotopic (exact) mass is 287 g/mol. The van der Waals surface area contributed by atoms with Crippen LogP contribution in [0.1, 0.15) is 18.4 Å². The molecule has 0 atom stereocenters. The zero-order valence-electron chi connectivity index (χ0n) is 8.56. The molecule has 1 aromatic rings. The molecule has 0 radical (unpaired) electrons. The Labute approximate surface area is 101 Å². The van der Waals surface area contributed by atoms with Gasteiger partial charge in [-0.1, -0.05) is 0 Å². The van der Waals surface area contributed by atoms with Gasteiger partial charge in [0.25, 0.3) is 0 Å². The van der Waals surface area contributed by atoms with Crippen molar-refractivity contribution >= 4 is 15.9 Å². The number of benzene rings is 1. The van der Waals surface area contributed by atoms with Gasteiger partial charge in [0.15, 0.2) is 11.5 Å². The van der Waals surface area contributed by atoms with Crippen LogP contribution in [0.25, 0.3) is 0 Å². The third-order valence-corrected chi connectivity index (χ3v) is 3.91. The van der Waals surface area contributed by atoms with Gasteiger partial charge in [-0.15, -0.1) is 0 Å². The van der Waals surface area contributed by atoms with Crippen molar-refractivity contribution in [2.24, 2.45) is 5.73 Å². The van der Waals surface area contributed by atoms with E-state index in [1.165, 1.54) is 6.07 Å². The summed E-state index contributed by atoms with van der Waals surface area (Å²) in [6.45, 7) is 0.143. The second-order valence-electron chi connectivity index (χ2n) is 4.42. The number of hydrogen-bond donors (Lipinski definition) is 1. The molecule has 0 aromatic heterocycles. The fourth-order valence-corrected chi connectivity index (χ4v) is 2.50. The quantitative estimate of drug-likeness (QED) is 0.908. The van der Waals surface area contributed by atoms with Crippen LogP contribution < -0.4 is 15.2 Å². The molecule has 5 heteroatoms. The standard InChI is InChI=1S/C11H11BrFNO2/c12-9-6(4-11(14)1-2-11)7(13)3-8-10(9)16-5-15-8/h3H,1-2,4-5,14H2. The summed E-state index contributed by atoms with van der Waals surface area (Å²) in [6, 6.07) is 1.37. The molecule has 0 bridgehead atoms. The van der Waals surface area contributed by atoms with Gasteiger partial charge in [-0.3, -0.25) is 0 Å². The second kappa shape index (κ2) is 3.34. The topological polar surface area (TPSA) is 44.5 Å². The minimum Gasteiger partial charge on any atom is -0.453 e. The van der Waals surface area contributed by atoms with Crippen molar-refractivity contribution in [3.05, 3.63) is 21.9 Å². The molecule has 2 N–H and O–H groups in total. The van der Waals surface area contributed by atoms with E-state index in [0.717, 1.165) is 12.8 Å². The predicted octanol–water partition coefficient (Wildman–Crippen LogP) is 2.35. The molecular formula is C11H11BrFNO2. The zero-order valence-corrected chi connectivity index (χ0v) is 10.1. The second-order valence-corrected chi connectivity index (χ2v) is 5.22. The Bertz CT molecular complexity index is 460. The summed E-state index contributed by atoms with van der Waals surface area (Å²) in [4.78, 5) is 0. The molecule has 86 valence electrons. The van der Waals surface area contributed by atoms with Crippen molar-refractivity contribution in [3.63, 3.8) is 0 Å². The van der Waals surface area contributed by atoms with Crippen LogP contribution in [0.5, 0.6) is 11.5 Å². The van der Waals surface area contributed by atoms with E-state index < -0.39 is 0 Å². The van der Waals surface area contributed by atoms with E-state index in [-0.39, 0.29) is 18.1 Å². The maximum absolute atomic E-state index is 13.8. The summed E-state index contributed by atoms with van der Waals surface area (Å²) in [7, 11) is 0. The molecule has 3 nitrogen and oxygen atoms in total. The summed E-state index contributed by atoms with van der Waals surface area (Å²) < 4.78 is 24.9. The number of halogens is 2. The van der Waals surface area contributed by atoms with E-state index in [4.69, 9.17) is 15.2 Å². The third-order valence-electron chi connectivity index (χ3n) is 3.07. The molecule has 0 spiro atoms. The number of ether oxygens (including phenoxy) is 2. The highest BCUT2D eigenvalue weighted by Gasteiger charge is 2.40. The van der Waals surface area contributed by atoms with E-state index in [2.05, 4.69) is 15.9 Å². The highest BCUT2D eigenvalue weighted by atomic mass is 79.9. The van der Waals surface area contributed by atoms with Crippen LogP contribution in [0, 0.1) is 5.82 Å². The van der Waals surface area contributed by atoms with Crippen LogP contribution >= 0.6 is 15.9 Å². The van der Waals surface area contributed by atoms with Gasteiger partial charge < -0.3 is 15.2 Å². The minimum atomic E-state index is -0.284. The summed E-state index contributed by atoms with van der Waals surface area (Å²) >= 11 is 3.36. The minimum absolute atomic E-state index is 0.143. The Morgan fingerprint density at radius 1 is 1.44 bits per heavy atom. The van der Waals surface area contributed by atoms with E-state index >= 15 is 0 Å². The molecule has 0 unspecified atom stereocenters. The molecule has 1 fully saturated rings. The highest BCUT2D eigenvalue weighted by molar-refractivity contribution is 9.10. The first-order valence-corrected chi connectivity index (χ1v) is 5.94. The fourth-order valence-electron chi connectivity index (χ4n) is 1.86. The average Bonchev–Trinajstić information content (AvgIpc) is 2.77. The van der Waals surface area contributed by atoms with E-state index in [0.29, 0.717) is 28.0 Å². The molecule has 1 aromatic carbocycles. The Balaban J connectivity index is 2.03. The van der Waals surface area contributed by atoms with Crippen LogP contribution in [0.15, 0.2) is 10.5 Å². The van der Waals surface area contributed by atoms with Crippen LogP contribution in [0.2, 0.25) is 0 Å². The lowest BCUT2D eigenvalue weighted by molar-refractivity contribution is 0.173. The molecule has 1 saturated carbocycles. The molecule has 1 aliphatic heterocycles. The summed E-state index contributed by atoms with van der Waals surface area (Å²) in [6.07, 6.45) is 2.44. The van der Waals surface area contributed by atoms with Crippen LogP contribution in [-0.2, 0) is 6.42 Å². The predicted molar refractivity (Wildman–Crippen MR) is 60.1 cm³/mol. The van der Waals surface area contributed by atoms with Crippen LogP contribution in [0.3, 0.4) is 0 Å². The lowest BCUT2D eigenvalue weighted by atomic mass is 10.0. The first kappa shape index (κ1) is 10.4. The first-order chi connectivity index (χ1) is 7.59. The number of fused-ring (bicyclic) bond motifs is 1. The van der Waals surface area contributed by atoms with Crippen molar-refractivity contribution in [2.75, 3.05) is 6.79 Å². The Hall–Kier alpha value is -0.810. The molecule has 3 rings (SSSR count). The molecular weight excluding hydrogens is 277 g/mol. The molecule has 16 heavy (non-hydrogen) atoms. The maximum Gasteiger partial charge on any atom is 0.231 e. The smallest absolute Gasteiger partial charge is 0.231 e. The Morgan fingerprint density at radius 3 is 2.88 bits per heavy atom. The molecule has 0 saturated heterocycles. The Kier molecular flexibility index (Phi) is 2.16. The lowest BCUT2D eigenvalue weighted by Gasteiger charge is -2.12. The van der Waals surface area contributed by atoms with Crippen molar-refractivity contribution < 1.29 is 13.9 Å². The SMILES string of the molecule is NC1(Cc2c(F)cc3c(c2Br)OCO3)CC1. The van der Waals surface area contributed by atoms with Crippen molar-refractivity contribution in [1.29, 1.82) is 0 Å². The number of hydrogen-bond acceptors (Lipinski definition) is 3. The molecule has 2 aliphatic rings. The molecule has 1 aliphatic carbocycles. The van der Waals surface area contributed by atoms with Gasteiger partial charge in [0.1, 0.15) is 5.82 Å². The van der Waals surface area contributed by atoms with Crippen molar-refractivity contribution in [2.45, 2.75) is 24.8 Å². The average molecular weight is 288 g/mol. The van der Waals surface area contributed by atoms with Gasteiger partial charge in [-0.05, 0) is 35.2 Å². The van der Waals surface area contributed by atoms with Gasteiger partial charge in [0.05, 0.1) is 4.47 Å². The lowest BCUT2D eigenvalue weighted by Crippen LogP contribution is -2.25. The largest absolute Gasteiger partial charge is 0.453 e. The Morgan fingerprint density at radius 2 is 2.19 bits per heavy atom. The fraction of sp³-hybridized carbons (Fsp3) is 0.455. The van der Waals surface area contributed by atoms with E-state index in [1.807, 2.05) is 0 Å². The van der Waals surface area contributed by atoms with Crippen LogP contribution in [-0.4, -0.2) is 12.3 Å². The van der Waals surface area contributed by atoms with E-state index in [9.17, 15) is 4.39 Å². The van der Waals surface area contributed by atoms with E-state index in [1.54, 1.807) is 0 Å². The van der Waals surface area contributed by atoms with Gasteiger partial charge >= 0.3 is 0 Å². The van der Waals surface area contributed by atoms with Crippen molar-refractivity contribution in [3.8, 4) is 11.5 Å². The van der Waals surface area contributed by atoms with Gasteiger partial charge in [-0.25, -0.2) is 4.39 Å². The molecule has 0 amide bonds. The zero-order chi connectivity index (χ0) is 11.3. The normalized spacial score (nSPS) is 19.9. The summed E-state index contributed by atoms with van der Waals surface area (Å²) in [5.74, 6) is 0.753. The van der Waals surface area contributed by atoms with Crippen LogP contribution in [0.4, 0.5) is 4.39 Å². The number of rotatable bonds is 2. The van der Waals surface area contributed by atoms with Crippen molar-refractivity contribution in [1.82, 2.24) is 0 Å².